The molecule has 4 heteroatoms. The Morgan fingerprint density at radius 1 is 1.32 bits per heavy atom. The summed E-state index contributed by atoms with van der Waals surface area (Å²) < 4.78 is 12.6. The molecule has 0 aliphatic carbocycles. The molecule has 0 aromatic heterocycles. The zero-order chi connectivity index (χ0) is 13.2. The number of nitrogens with one attached hydrogen (secondary N) is 1. The average Bonchev–Trinajstić information content (AvgIpc) is 2.92. The molecule has 19 heavy (non-hydrogen) atoms. The summed E-state index contributed by atoms with van der Waals surface area (Å²) in [5.41, 5.74) is 2.70. The van der Waals surface area contributed by atoms with Gasteiger partial charge in [-0.1, -0.05) is 6.92 Å². The van der Waals surface area contributed by atoms with Gasteiger partial charge >= 0.3 is 0 Å². The molecular weight excluding hydrogens is 306 g/mol. The fourth-order valence-corrected chi connectivity index (χ4v) is 3.61. The van der Waals surface area contributed by atoms with Crippen molar-refractivity contribution < 1.29 is 9.47 Å². The van der Waals surface area contributed by atoms with Crippen molar-refractivity contribution in [1.29, 1.82) is 0 Å². The van der Waals surface area contributed by atoms with Crippen LogP contribution in [0.2, 0.25) is 0 Å². The molecule has 0 spiro atoms. The standard InChI is InChI=1S/C15H20BrNO2/c1-2-12-10(8-11-4-3-5-17-11)9-13(16)15-14(12)18-6-7-19-15/h9,11,17H,2-8H2,1H3. The SMILES string of the molecule is CCc1c(CC2CCCN2)cc(Br)c2c1OCCO2. The maximum atomic E-state index is 5.86. The third kappa shape index (κ3) is 2.61. The van der Waals surface area contributed by atoms with E-state index in [2.05, 4.69) is 34.2 Å². The molecule has 1 saturated heterocycles. The number of fused-ring (bicyclic) bond motifs is 1. The third-order valence-electron chi connectivity index (χ3n) is 3.94. The van der Waals surface area contributed by atoms with Crippen molar-refractivity contribution in [2.75, 3.05) is 19.8 Å². The minimum absolute atomic E-state index is 0.611. The number of rotatable bonds is 3. The lowest BCUT2D eigenvalue weighted by atomic mass is 9.96. The average molecular weight is 326 g/mol. The summed E-state index contributed by atoms with van der Waals surface area (Å²) in [6.45, 7) is 4.63. The maximum absolute atomic E-state index is 5.86. The maximum Gasteiger partial charge on any atom is 0.175 e. The first-order chi connectivity index (χ1) is 9.29. The Kier molecular flexibility index (Phi) is 3.99. The van der Waals surface area contributed by atoms with E-state index in [1.54, 1.807) is 0 Å². The van der Waals surface area contributed by atoms with Gasteiger partial charge in [-0.2, -0.15) is 0 Å². The van der Waals surface area contributed by atoms with Gasteiger partial charge < -0.3 is 14.8 Å². The molecule has 1 aromatic carbocycles. The van der Waals surface area contributed by atoms with Crippen molar-refractivity contribution in [3.8, 4) is 11.5 Å². The lowest BCUT2D eigenvalue weighted by molar-refractivity contribution is 0.168. The van der Waals surface area contributed by atoms with Crippen LogP contribution in [0.25, 0.3) is 0 Å². The van der Waals surface area contributed by atoms with Crippen LogP contribution in [0.3, 0.4) is 0 Å². The first-order valence-corrected chi connectivity index (χ1v) is 7.92. The van der Waals surface area contributed by atoms with E-state index in [1.165, 1.54) is 24.0 Å². The normalized spacial score (nSPS) is 21.7. The predicted octanol–water partition coefficient (Wildman–Crippen LogP) is 3.08. The van der Waals surface area contributed by atoms with Crippen molar-refractivity contribution >= 4 is 15.9 Å². The van der Waals surface area contributed by atoms with Gasteiger partial charge in [0.2, 0.25) is 0 Å². The van der Waals surface area contributed by atoms with Crippen LogP contribution in [-0.2, 0) is 12.8 Å². The summed E-state index contributed by atoms with van der Waals surface area (Å²) in [6, 6.07) is 2.83. The quantitative estimate of drug-likeness (QED) is 0.926. The highest BCUT2D eigenvalue weighted by molar-refractivity contribution is 9.10. The molecule has 0 bridgehead atoms. The van der Waals surface area contributed by atoms with Crippen LogP contribution in [0, 0.1) is 0 Å². The molecule has 104 valence electrons. The minimum Gasteiger partial charge on any atom is -0.486 e. The highest BCUT2D eigenvalue weighted by Crippen LogP contribution is 2.42. The van der Waals surface area contributed by atoms with Crippen molar-refractivity contribution in [2.45, 2.75) is 38.6 Å². The zero-order valence-corrected chi connectivity index (χ0v) is 12.9. The van der Waals surface area contributed by atoms with Gasteiger partial charge in [-0.25, -0.2) is 0 Å². The van der Waals surface area contributed by atoms with Crippen LogP contribution >= 0.6 is 15.9 Å². The van der Waals surface area contributed by atoms with Crippen LogP contribution in [0.1, 0.15) is 30.9 Å². The second kappa shape index (κ2) is 5.71. The molecule has 0 radical (unpaired) electrons. The molecule has 3 rings (SSSR count). The molecule has 1 N–H and O–H groups in total. The van der Waals surface area contributed by atoms with E-state index in [4.69, 9.17) is 9.47 Å². The Morgan fingerprint density at radius 2 is 2.11 bits per heavy atom. The topological polar surface area (TPSA) is 30.5 Å². The predicted molar refractivity (Wildman–Crippen MR) is 79.2 cm³/mol. The first-order valence-electron chi connectivity index (χ1n) is 7.12. The van der Waals surface area contributed by atoms with Gasteiger partial charge in [0.05, 0.1) is 4.47 Å². The summed E-state index contributed by atoms with van der Waals surface area (Å²) in [4.78, 5) is 0. The molecule has 1 aromatic rings. The monoisotopic (exact) mass is 325 g/mol. The van der Waals surface area contributed by atoms with Gasteiger partial charge in [0, 0.05) is 11.6 Å². The largest absolute Gasteiger partial charge is 0.486 e. The van der Waals surface area contributed by atoms with E-state index in [9.17, 15) is 0 Å². The Labute approximate surface area is 122 Å². The number of ether oxygens (including phenoxy) is 2. The van der Waals surface area contributed by atoms with E-state index in [-0.39, 0.29) is 0 Å². The van der Waals surface area contributed by atoms with Crippen molar-refractivity contribution in [3.63, 3.8) is 0 Å². The second-order valence-corrected chi connectivity index (χ2v) is 6.06. The fourth-order valence-electron chi connectivity index (χ4n) is 3.04. The van der Waals surface area contributed by atoms with Gasteiger partial charge in [-0.15, -0.1) is 0 Å². The lowest BCUT2D eigenvalue weighted by Crippen LogP contribution is -2.25. The Morgan fingerprint density at radius 3 is 2.79 bits per heavy atom. The molecule has 1 fully saturated rings. The van der Waals surface area contributed by atoms with Gasteiger partial charge in [-0.3, -0.25) is 0 Å². The summed E-state index contributed by atoms with van der Waals surface area (Å²) in [5, 5.41) is 3.57. The van der Waals surface area contributed by atoms with Gasteiger partial charge in [0.25, 0.3) is 0 Å². The summed E-state index contributed by atoms with van der Waals surface area (Å²) in [5.74, 6) is 1.84. The number of hydrogen-bond acceptors (Lipinski definition) is 3. The van der Waals surface area contributed by atoms with Crippen LogP contribution < -0.4 is 14.8 Å². The van der Waals surface area contributed by atoms with E-state index in [1.807, 2.05) is 0 Å². The lowest BCUT2D eigenvalue weighted by Gasteiger charge is -2.25. The van der Waals surface area contributed by atoms with E-state index in [0.717, 1.165) is 35.4 Å². The van der Waals surface area contributed by atoms with Crippen molar-refractivity contribution in [3.05, 3.63) is 21.7 Å². The Bertz CT molecular complexity index is 470. The Balaban J connectivity index is 1.96. The number of halogens is 1. The molecule has 3 nitrogen and oxygen atoms in total. The highest BCUT2D eigenvalue weighted by Gasteiger charge is 2.24. The highest BCUT2D eigenvalue weighted by atomic mass is 79.9. The van der Waals surface area contributed by atoms with E-state index >= 15 is 0 Å². The molecule has 2 aliphatic heterocycles. The summed E-state index contributed by atoms with van der Waals surface area (Å²) in [6.07, 6.45) is 4.63. The van der Waals surface area contributed by atoms with Gasteiger partial charge in [0.1, 0.15) is 13.2 Å². The minimum atomic E-state index is 0.611. The summed E-state index contributed by atoms with van der Waals surface area (Å²) in [7, 11) is 0. The molecule has 1 atom stereocenters. The van der Waals surface area contributed by atoms with Crippen LogP contribution in [0.4, 0.5) is 0 Å². The number of hydrogen-bond donors (Lipinski definition) is 1. The van der Waals surface area contributed by atoms with Crippen molar-refractivity contribution in [2.24, 2.45) is 0 Å². The summed E-state index contributed by atoms with van der Waals surface area (Å²) >= 11 is 3.62. The first kappa shape index (κ1) is 13.3. The molecule has 1 unspecified atom stereocenters. The van der Waals surface area contributed by atoms with Crippen LogP contribution in [0.15, 0.2) is 10.5 Å². The van der Waals surface area contributed by atoms with Gasteiger partial charge in [-0.05, 0) is 59.8 Å². The second-order valence-electron chi connectivity index (χ2n) is 5.20. The van der Waals surface area contributed by atoms with Crippen LogP contribution in [0.5, 0.6) is 11.5 Å². The van der Waals surface area contributed by atoms with Gasteiger partial charge in [0.15, 0.2) is 11.5 Å². The third-order valence-corrected chi connectivity index (χ3v) is 4.53. The number of benzene rings is 1. The van der Waals surface area contributed by atoms with Crippen molar-refractivity contribution in [1.82, 2.24) is 5.32 Å². The zero-order valence-electron chi connectivity index (χ0n) is 11.3. The van der Waals surface area contributed by atoms with E-state index < -0.39 is 0 Å². The molecule has 2 aliphatic rings. The molecule has 2 heterocycles. The molecule has 0 saturated carbocycles. The fraction of sp³-hybridized carbons (Fsp3) is 0.600. The van der Waals surface area contributed by atoms with E-state index in [0.29, 0.717) is 19.3 Å². The molecule has 0 amide bonds. The smallest absolute Gasteiger partial charge is 0.175 e. The Hall–Kier alpha value is -0.740. The van der Waals surface area contributed by atoms with Crippen LogP contribution in [-0.4, -0.2) is 25.8 Å². The molecular formula is C15H20BrNO2.